The summed E-state index contributed by atoms with van der Waals surface area (Å²) < 4.78 is 12.3. The van der Waals surface area contributed by atoms with Gasteiger partial charge < -0.3 is 9.47 Å². The molecule has 0 bridgehead atoms. The zero-order valence-electron chi connectivity index (χ0n) is 12.5. The molecule has 3 rings (SSSR count). The van der Waals surface area contributed by atoms with Gasteiger partial charge in [-0.1, -0.05) is 12.7 Å². The molecule has 1 aromatic carbocycles. The number of benzene rings is 1. The molecule has 6 nitrogen and oxygen atoms in total. The van der Waals surface area contributed by atoms with Crippen molar-refractivity contribution in [3.8, 4) is 5.69 Å². The van der Waals surface area contributed by atoms with E-state index in [2.05, 4.69) is 11.7 Å². The lowest BCUT2D eigenvalue weighted by molar-refractivity contribution is 0.0532. The van der Waals surface area contributed by atoms with E-state index >= 15 is 0 Å². The van der Waals surface area contributed by atoms with E-state index in [4.69, 9.17) is 9.47 Å². The average molecular weight is 312 g/mol. The molecule has 0 amide bonds. The Labute approximate surface area is 133 Å². The van der Waals surface area contributed by atoms with Crippen LogP contribution in [0.4, 0.5) is 0 Å². The second-order valence-electron chi connectivity index (χ2n) is 5.08. The van der Waals surface area contributed by atoms with Crippen LogP contribution in [-0.2, 0) is 22.5 Å². The molecule has 6 heteroatoms. The van der Waals surface area contributed by atoms with Crippen LogP contribution >= 0.6 is 0 Å². The van der Waals surface area contributed by atoms with E-state index < -0.39 is 5.97 Å². The second-order valence-corrected chi connectivity index (χ2v) is 5.08. The largest absolute Gasteiger partial charge is 0.457 e. The molecule has 118 valence electrons. The first-order valence-electron chi connectivity index (χ1n) is 7.26. The number of fused-ring (bicyclic) bond motifs is 1. The summed E-state index contributed by atoms with van der Waals surface area (Å²) in [5.74, 6) is -0.491. The normalized spacial score (nSPS) is 13.2. The third-order valence-electron chi connectivity index (χ3n) is 3.62. The van der Waals surface area contributed by atoms with E-state index in [0.717, 1.165) is 23.2 Å². The Morgan fingerprint density at radius 2 is 2.17 bits per heavy atom. The van der Waals surface area contributed by atoms with E-state index in [1.165, 1.54) is 6.08 Å². The van der Waals surface area contributed by atoms with Gasteiger partial charge in [-0.15, -0.1) is 0 Å². The highest BCUT2D eigenvalue weighted by atomic mass is 16.5. The molecule has 0 atom stereocenters. The molecule has 1 aliphatic rings. The number of hydrogen-bond donors (Lipinski definition) is 0. The maximum Gasteiger partial charge on any atom is 0.359 e. The molecule has 0 radical (unpaired) electrons. The Bertz CT molecular complexity index is 747. The lowest BCUT2D eigenvalue weighted by Gasteiger charge is -2.15. The van der Waals surface area contributed by atoms with Gasteiger partial charge in [-0.3, -0.25) is 4.79 Å². The van der Waals surface area contributed by atoms with Crippen molar-refractivity contribution in [3.63, 3.8) is 0 Å². The third kappa shape index (κ3) is 2.93. The van der Waals surface area contributed by atoms with Gasteiger partial charge in [0.15, 0.2) is 5.69 Å². The molecule has 0 fully saturated rings. The average Bonchev–Trinajstić information content (AvgIpc) is 2.99. The van der Waals surface area contributed by atoms with Crippen LogP contribution in [0.2, 0.25) is 0 Å². The van der Waals surface area contributed by atoms with Crippen molar-refractivity contribution in [1.82, 2.24) is 9.78 Å². The van der Waals surface area contributed by atoms with Crippen LogP contribution in [0.5, 0.6) is 0 Å². The monoisotopic (exact) mass is 312 g/mol. The highest BCUT2D eigenvalue weighted by Gasteiger charge is 2.26. The van der Waals surface area contributed by atoms with Gasteiger partial charge in [0, 0.05) is 17.5 Å². The molecule has 0 spiro atoms. The third-order valence-corrected chi connectivity index (χ3v) is 3.62. The molecule has 23 heavy (non-hydrogen) atoms. The number of rotatable bonds is 5. The van der Waals surface area contributed by atoms with Gasteiger partial charge in [0.25, 0.3) is 0 Å². The van der Waals surface area contributed by atoms with Crippen LogP contribution in [0.15, 0.2) is 36.9 Å². The first kappa shape index (κ1) is 15.2. The lowest BCUT2D eigenvalue weighted by atomic mass is 10.1. The highest BCUT2D eigenvalue weighted by Crippen LogP contribution is 2.24. The zero-order valence-corrected chi connectivity index (χ0v) is 12.5. The van der Waals surface area contributed by atoms with Crippen molar-refractivity contribution in [2.45, 2.75) is 13.0 Å². The smallest absolute Gasteiger partial charge is 0.359 e. The van der Waals surface area contributed by atoms with Gasteiger partial charge in [0.2, 0.25) is 0 Å². The number of hydrogen-bond acceptors (Lipinski definition) is 5. The van der Waals surface area contributed by atoms with E-state index in [9.17, 15) is 9.59 Å². The number of ether oxygens (including phenoxy) is 2. The summed E-state index contributed by atoms with van der Waals surface area (Å²) in [6.45, 7) is 4.57. The highest BCUT2D eigenvalue weighted by molar-refractivity contribution is 5.89. The Hall–Kier alpha value is -2.73. The predicted molar refractivity (Wildman–Crippen MR) is 82.8 cm³/mol. The maximum absolute atomic E-state index is 12.2. The van der Waals surface area contributed by atoms with Crippen molar-refractivity contribution in [2.24, 2.45) is 0 Å². The summed E-state index contributed by atoms with van der Waals surface area (Å²) in [6, 6.07) is 7.02. The molecular formula is C17H16N2O4. The Morgan fingerprint density at radius 1 is 1.39 bits per heavy atom. The first-order chi connectivity index (χ1) is 11.2. The van der Waals surface area contributed by atoms with Crippen molar-refractivity contribution >= 4 is 12.3 Å². The van der Waals surface area contributed by atoms with Crippen LogP contribution < -0.4 is 0 Å². The van der Waals surface area contributed by atoms with Crippen LogP contribution in [0.3, 0.4) is 0 Å². The number of aldehydes is 1. The molecule has 0 unspecified atom stereocenters. The van der Waals surface area contributed by atoms with E-state index in [1.807, 2.05) is 0 Å². The van der Waals surface area contributed by atoms with Crippen LogP contribution in [-0.4, -0.2) is 35.2 Å². The summed E-state index contributed by atoms with van der Waals surface area (Å²) >= 11 is 0. The molecule has 0 N–H and O–H groups in total. The second kappa shape index (κ2) is 6.58. The van der Waals surface area contributed by atoms with Crippen LogP contribution in [0.25, 0.3) is 5.69 Å². The Morgan fingerprint density at radius 3 is 2.87 bits per heavy atom. The fraction of sp³-hybridized carbons (Fsp3) is 0.235. The molecule has 1 aromatic heterocycles. The number of nitrogens with zero attached hydrogens (tertiary/aromatic N) is 2. The van der Waals surface area contributed by atoms with Gasteiger partial charge >= 0.3 is 5.97 Å². The summed E-state index contributed by atoms with van der Waals surface area (Å²) in [6.07, 6.45) is 2.96. The van der Waals surface area contributed by atoms with Gasteiger partial charge in [-0.25, -0.2) is 9.48 Å². The van der Waals surface area contributed by atoms with E-state index in [1.54, 1.807) is 28.9 Å². The van der Waals surface area contributed by atoms with Crippen molar-refractivity contribution in [2.75, 3.05) is 13.2 Å². The van der Waals surface area contributed by atoms with Gasteiger partial charge in [0.1, 0.15) is 12.9 Å². The minimum atomic E-state index is -0.491. The minimum absolute atomic E-state index is 0.134. The molecule has 0 saturated heterocycles. The molecule has 2 aromatic rings. The molecular weight excluding hydrogens is 296 g/mol. The van der Waals surface area contributed by atoms with Crippen molar-refractivity contribution < 1.29 is 19.1 Å². The van der Waals surface area contributed by atoms with Crippen LogP contribution in [0.1, 0.15) is 32.1 Å². The zero-order chi connectivity index (χ0) is 16.2. The van der Waals surface area contributed by atoms with E-state index in [0.29, 0.717) is 25.2 Å². The first-order valence-corrected chi connectivity index (χ1v) is 7.26. The maximum atomic E-state index is 12.2. The molecule has 1 aliphatic heterocycles. The Kier molecular flexibility index (Phi) is 4.34. The Balaban J connectivity index is 2.02. The number of aromatic nitrogens is 2. The summed E-state index contributed by atoms with van der Waals surface area (Å²) in [5.41, 5.74) is 3.33. The summed E-state index contributed by atoms with van der Waals surface area (Å²) in [4.78, 5) is 22.9. The number of esters is 1. The summed E-state index contributed by atoms with van der Waals surface area (Å²) in [7, 11) is 0. The summed E-state index contributed by atoms with van der Waals surface area (Å²) in [5, 5.41) is 4.41. The molecule has 2 heterocycles. The quantitative estimate of drug-likeness (QED) is 0.480. The van der Waals surface area contributed by atoms with Crippen molar-refractivity contribution in [1.29, 1.82) is 0 Å². The fourth-order valence-electron chi connectivity index (χ4n) is 2.51. The fourth-order valence-corrected chi connectivity index (χ4v) is 2.51. The SMILES string of the molecule is C=CCOC(=O)c1nn(-c2ccc(C=O)cc2)c2c1COCC2. The van der Waals surface area contributed by atoms with Gasteiger partial charge in [-0.2, -0.15) is 5.10 Å². The minimum Gasteiger partial charge on any atom is -0.457 e. The van der Waals surface area contributed by atoms with E-state index in [-0.39, 0.29) is 12.3 Å². The topological polar surface area (TPSA) is 70.4 Å². The number of carbonyl (C=O) groups excluding carboxylic acids is 2. The van der Waals surface area contributed by atoms with Crippen molar-refractivity contribution in [3.05, 3.63) is 59.4 Å². The van der Waals surface area contributed by atoms with Gasteiger partial charge in [0.05, 0.1) is 24.6 Å². The van der Waals surface area contributed by atoms with Crippen LogP contribution in [0, 0.1) is 0 Å². The lowest BCUT2D eigenvalue weighted by Crippen LogP contribution is -2.14. The molecule has 0 aliphatic carbocycles. The standard InChI is InChI=1S/C17H16N2O4/c1-2-8-23-17(21)16-14-11-22-9-7-15(14)19(18-16)13-5-3-12(10-20)4-6-13/h2-6,10H,1,7-9,11H2. The molecule has 0 saturated carbocycles. The number of carbonyl (C=O) groups is 2. The van der Waals surface area contributed by atoms with Gasteiger partial charge in [-0.05, 0) is 24.3 Å². The predicted octanol–water partition coefficient (Wildman–Crippen LogP) is 2.10.